The zero-order valence-corrected chi connectivity index (χ0v) is 19.3. The largest absolute Gasteiger partial charge is 0.573 e. The average molecular weight is 443 g/mol. The van der Waals surface area contributed by atoms with Gasteiger partial charge in [0.2, 0.25) is 5.69 Å². The molecule has 0 unspecified atom stereocenters. The molecule has 3 nitrogen and oxygen atoms in total. The molecule has 0 fully saturated rings. The van der Waals surface area contributed by atoms with Crippen LogP contribution in [0.25, 0.3) is 0 Å². The molecule has 1 amide bonds. The molecule has 0 radical (unpaired) electrons. The first-order valence-electron chi connectivity index (χ1n) is 9.82. The Labute approximate surface area is 183 Å². The maximum Gasteiger partial charge on any atom is 0.573 e. The van der Waals surface area contributed by atoms with Crippen molar-refractivity contribution in [1.82, 2.24) is 0 Å². The first-order chi connectivity index (χ1) is 14.3. The van der Waals surface area contributed by atoms with Crippen LogP contribution in [0.1, 0.15) is 52.2 Å². The first-order valence-corrected chi connectivity index (χ1v) is 10.7. The fraction of sp³-hybridized carbons (Fsp3) is 0.391. The van der Waals surface area contributed by atoms with Crippen molar-refractivity contribution in [3.05, 3.63) is 59.7 Å². The Morgan fingerprint density at radius 2 is 1.60 bits per heavy atom. The third-order valence-corrected chi connectivity index (χ3v) is 3.99. The monoisotopic (exact) mass is 442 g/mol. The number of halogens is 3. The summed E-state index contributed by atoms with van der Waals surface area (Å²) in [5, 5.41) is 0. The van der Waals surface area contributed by atoms with Crippen molar-refractivity contribution in [1.29, 1.82) is 0 Å². The molecule has 7 heteroatoms. The van der Waals surface area contributed by atoms with E-state index in [2.05, 4.69) is 17.4 Å². The summed E-state index contributed by atoms with van der Waals surface area (Å²) in [6, 6.07) is 13.4. The van der Waals surface area contributed by atoms with Gasteiger partial charge in [-0.15, -0.1) is 17.7 Å². The van der Waals surface area contributed by atoms with E-state index in [-0.39, 0.29) is 18.1 Å². The van der Waals surface area contributed by atoms with Crippen molar-refractivity contribution < 1.29 is 27.3 Å². The fourth-order valence-corrected chi connectivity index (χ4v) is 2.72. The minimum Gasteiger partial charge on any atom is -0.406 e. The number of carbonyl (C=O) groups is 1. The minimum atomic E-state index is -4.79. The SMILES string of the molecule is CC.CCC(=O)[N+](=C(C)c1ccccc1)c1cc(OC(F)(F)F)ccc1CC.CS. The Morgan fingerprint density at radius 1 is 1.03 bits per heavy atom. The van der Waals surface area contributed by atoms with Gasteiger partial charge in [-0.2, -0.15) is 12.6 Å². The number of hydrogen-bond acceptors (Lipinski definition) is 3. The summed E-state index contributed by atoms with van der Waals surface area (Å²) in [7, 11) is 0. The van der Waals surface area contributed by atoms with Crippen molar-refractivity contribution in [2.24, 2.45) is 0 Å². The van der Waals surface area contributed by atoms with Gasteiger partial charge in [0, 0.05) is 18.1 Å². The van der Waals surface area contributed by atoms with Crippen LogP contribution in [0, 0.1) is 0 Å². The molecule has 0 saturated heterocycles. The summed E-state index contributed by atoms with van der Waals surface area (Å²) in [6.45, 7) is 9.38. The van der Waals surface area contributed by atoms with E-state index in [0.29, 0.717) is 17.8 Å². The number of thiol groups is 1. The number of amides is 1. The van der Waals surface area contributed by atoms with E-state index in [9.17, 15) is 18.0 Å². The van der Waals surface area contributed by atoms with Crippen molar-refractivity contribution in [2.45, 2.75) is 53.8 Å². The number of carbonyl (C=O) groups excluding carboxylic acids is 1. The van der Waals surface area contributed by atoms with E-state index >= 15 is 0 Å². The van der Waals surface area contributed by atoms with Gasteiger partial charge in [-0.05, 0) is 36.9 Å². The Balaban J connectivity index is 0.00000198. The van der Waals surface area contributed by atoms with Crippen molar-refractivity contribution >= 4 is 29.9 Å². The summed E-state index contributed by atoms with van der Waals surface area (Å²) in [5.41, 5.74) is 2.63. The zero-order chi connectivity index (χ0) is 23.3. The van der Waals surface area contributed by atoms with E-state index in [4.69, 9.17) is 0 Å². The van der Waals surface area contributed by atoms with E-state index in [1.54, 1.807) is 26.2 Å². The lowest BCUT2D eigenvalue weighted by molar-refractivity contribution is -0.368. The van der Waals surface area contributed by atoms with Crippen molar-refractivity contribution in [3.63, 3.8) is 0 Å². The first kappa shape index (κ1) is 27.7. The van der Waals surface area contributed by atoms with Crippen molar-refractivity contribution in [3.8, 4) is 5.75 Å². The molecule has 0 spiro atoms. The molecule has 0 N–H and O–H groups in total. The molecule has 2 aromatic rings. The molecular weight excluding hydrogens is 411 g/mol. The lowest BCUT2D eigenvalue weighted by atomic mass is 10.1. The Kier molecular flexibility index (Phi) is 12.8. The summed E-state index contributed by atoms with van der Waals surface area (Å²) in [4.78, 5) is 12.6. The lowest BCUT2D eigenvalue weighted by Gasteiger charge is -2.12. The molecule has 2 rings (SSSR count). The quantitative estimate of drug-likeness (QED) is 0.313. The maximum absolute atomic E-state index is 12.6. The second kappa shape index (κ2) is 13.9. The number of alkyl halides is 3. The van der Waals surface area contributed by atoms with Crippen LogP contribution in [0.5, 0.6) is 5.75 Å². The number of hydrogen-bond donors (Lipinski definition) is 1. The molecule has 0 aliphatic carbocycles. The number of rotatable bonds is 5. The second-order valence-electron chi connectivity index (χ2n) is 5.73. The Hall–Kier alpha value is -2.28. The molecular formula is C23H31F3NO2S+. The van der Waals surface area contributed by atoms with Gasteiger partial charge >= 0.3 is 12.3 Å². The number of ether oxygens (including phenoxy) is 1. The molecule has 0 bridgehead atoms. The normalized spacial score (nSPS) is 11.3. The number of benzene rings is 2. The van der Waals surface area contributed by atoms with Crippen LogP contribution in [-0.2, 0) is 11.2 Å². The highest BCUT2D eigenvalue weighted by Gasteiger charge is 2.33. The molecule has 0 atom stereocenters. The van der Waals surface area contributed by atoms with Crippen LogP contribution in [0.4, 0.5) is 18.9 Å². The van der Waals surface area contributed by atoms with Gasteiger partial charge < -0.3 is 4.74 Å². The third kappa shape index (κ3) is 8.22. The Bertz CT molecular complexity index is 819. The van der Waals surface area contributed by atoms with Gasteiger partial charge in [0.25, 0.3) is 0 Å². The van der Waals surface area contributed by atoms with Gasteiger partial charge in [-0.25, -0.2) is 4.79 Å². The molecule has 2 aromatic carbocycles. The van der Waals surface area contributed by atoms with E-state index in [1.165, 1.54) is 16.7 Å². The van der Waals surface area contributed by atoms with E-state index < -0.39 is 6.36 Å². The topological polar surface area (TPSA) is 29.3 Å². The van der Waals surface area contributed by atoms with Crippen molar-refractivity contribution in [2.75, 3.05) is 6.26 Å². The fourth-order valence-electron chi connectivity index (χ4n) is 2.72. The molecule has 166 valence electrons. The third-order valence-electron chi connectivity index (χ3n) is 3.99. The van der Waals surface area contributed by atoms with Crippen LogP contribution in [0.15, 0.2) is 48.5 Å². The molecule has 0 saturated carbocycles. The van der Waals surface area contributed by atoms with Gasteiger partial charge in [-0.3, -0.25) is 0 Å². The molecule has 30 heavy (non-hydrogen) atoms. The van der Waals surface area contributed by atoms with Gasteiger partial charge in [-0.1, -0.05) is 45.9 Å². The number of nitrogens with zero attached hydrogens (tertiary/aromatic N) is 1. The molecule has 0 heterocycles. The van der Waals surface area contributed by atoms with Crippen LogP contribution < -0.4 is 4.74 Å². The molecule has 0 aromatic heterocycles. The van der Waals surface area contributed by atoms with Crippen LogP contribution in [-0.4, -0.2) is 28.8 Å². The van der Waals surface area contributed by atoms with Crippen LogP contribution in [0.2, 0.25) is 0 Å². The van der Waals surface area contributed by atoms with Crippen LogP contribution in [0.3, 0.4) is 0 Å². The van der Waals surface area contributed by atoms with E-state index in [0.717, 1.165) is 11.1 Å². The smallest absolute Gasteiger partial charge is 0.406 e. The molecule has 0 aliphatic rings. The molecule has 0 aliphatic heterocycles. The van der Waals surface area contributed by atoms with Crippen LogP contribution >= 0.6 is 12.6 Å². The highest BCUT2D eigenvalue weighted by atomic mass is 32.1. The van der Waals surface area contributed by atoms with Gasteiger partial charge in [0.1, 0.15) is 5.75 Å². The van der Waals surface area contributed by atoms with E-state index in [1.807, 2.05) is 51.1 Å². The van der Waals surface area contributed by atoms with Gasteiger partial charge in [0.05, 0.1) is 12.5 Å². The summed E-state index contributed by atoms with van der Waals surface area (Å²) in [5.74, 6) is -0.551. The lowest BCUT2D eigenvalue weighted by Crippen LogP contribution is -2.24. The summed E-state index contributed by atoms with van der Waals surface area (Å²) >= 11 is 3.53. The predicted octanol–water partition coefficient (Wildman–Crippen LogP) is 6.81. The maximum atomic E-state index is 12.6. The highest BCUT2D eigenvalue weighted by Crippen LogP contribution is 2.30. The Morgan fingerprint density at radius 3 is 2.07 bits per heavy atom. The summed E-state index contributed by atoms with van der Waals surface area (Å²) < 4.78 is 43.3. The minimum absolute atomic E-state index is 0.204. The second-order valence-corrected chi connectivity index (χ2v) is 5.73. The predicted molar refractivity (Wildman–Crippen MR) is 120 cm³/mol. The number of aryl methyl sites for hydroxylation is 1. The van der Waals surface area contributed by atoms with Gasteiger partial charge in [0.15, 0.2) is 5.71 Å². The zero-order valence-electron chi connectivity index (χ0n) is 18.4. The average Bonchev–Trinajstić information content (AvgIpc) is 2.76. The summed E-state index contributed by atoms with van der Waals surface area (Å²) in [6.07, 6.45) is -2.31. The highest BCUT2D eigenvalue weighted by molar-refractivity contribution is 7.79. The standard InChI is InChI=1S/C20H21F3NO2.C2H6.CH4S/c1-4-15-11-12-17(26-20(21,22)23)13-18(15)24(19(25)5-2)14(3)16-9-7-6-8-10-16;2*1-2/h6-13H,4-5H2,1-3H3;1-2H3;2H,1H3/q+1;;.